The predicted molar refractivity (Wildman–Crippen MR) is 58.7 cm³/mol. The average molecular weight is 219 g/mol. The van der Waals surface area contributed by atoms with Crippen molar-refractivity contribution in [3.05, 3.63) is 36.2 Å². The van der Waals surface area contributed by atoms with E-state index in [1.165, 1.54) is 0 Å². The van der Waals surface area contributed by atoms with Crippen LogP contribution in [0.25, 0.3) is 0 Å². The Morgan fingerprint density at radius 1 is 1.25 bits per heavy atom. The Morgan fingerprint density at radius 2 is 1.94 bits per heavy atom. The second kappa shape index (κ2) is 4.09. The molecule has 0 aromatic carbocycles. The van der Waals surface area contributed by atoms with E-state index in [-0.39, 0.29) is 5.95 Å². The molecule has 16 heavy (non-hydrogen) atoms. The fourth-order valence-electron chi connectivity index (χ4n) is 1.24. The van der Waals surface area contributed by atoms with E-state index in [1.54, 1.807) is 12.3 Å². The highest BCUT2D eigenvalue weighted by molar-refractivity contribution is 5.71. The van der Waals surface area contributed by atoms with Crippen LogP contribution in [-0.4, -0.2) is 15.0 Å². The topological polar surface area (TPSA) is 76.7 Å². The smallest absolute Gasteiger partial charge is 0.227 e. The lowest BCUT2D eigenvalue weighted by Crippen LogP contribution is -2.03. The van der Waals surface area contributed by atoms with Crippen molar-refractivity contribution in [1.29, 1.82) is 0 Å². The van der Waals surface area contributed by atoms with Gasteiger partial charge in [0.2, 0.25) is 5.95 Å². The molecular formula is C10H10FN5. The maximum atomic E-state index is 12.6. The summed E-state index contributed by atoms with van der Waals surface area (Å²) in [5.74, 6) is -0.203. The van der Waals surface area contributed by atoms with Crippen molar-refractivity contribution in [2.45, 2.75) is 6.92 Å². The molecule has 0 saturated heterocycles. The predicted octanol–water partition coefficient (Wildman–Crippen LogP) is 1.64. The van der Waals surface area contributed by atoms with E-state index in [1.807, 2.05) is 6.92 Å². The zero-order valence-corrected chi connectivity index (χ0v) is 8.61. The van der Waals surface area contributed by atoms with Crippen LogP contribution in [0.3, 0.4) is 0 Å². The number of anilines is 3. The number of aryl methyl sites for hydroxylation is 1. The van der Waals surface area contributed by atoms with E-state index >= 15 is 0 Å². The number of nitrogens with one attached hydrogen (secondary N) is 1. The maximum Gasteiger partial charge on any atom is 0.227 e. The zero-order valence-electron chi connectivity index (χ0n) is 8.61. The highest BCUT2D eigenvalue weighted by Crippen LogP contribution is 2.22. The molecule has 0 aliphatic carbocycles. The largest absolute Gasteiger partial charge is 0.397 e. The first kappa shape index (κ1) is 10.3. The van der Waals surface area contributed by atoms with Gasteiger partial charge in [-0.25, -0.2) is 14.4 Å². The molecule has 0 spiro atoms. The Labute approximate surface area is 91.6 Å². The molecule has 2 aromatic rings. The first-order valence-corrected chi connectivity index (χ1v) is 4.62. The maximum absolute atomic E-state index is 12.6. The van der Waals surface area contributed by atoms with Crippen molar-refractivity contribution < 1.29 is 4.39 Å². The third-order valence-electron chi connectivity index (χ3n) is 2.03. The molecule has 2 rings (SSSR count). The van der Waals surface area contributed by atoms with Crippen molar-refractivity contribution in [2.75, 3.05) is 11.1 Å². The van der Waals surface area contributed by atoms with Gasteiger partial charge in [-0.15, -0.1) is 0 Å². The van der Waals surface area contributed by atoms with E-state index in [0.717, 1.165) is 18.1 Å². The van der Waals surface area contributed by atoms with E-state index < -0.39 is 5.82 Å². The van der Waals surface area contributed by atoms with Gasteiger partial charge in [0.05, 0.1) is 29.5 Å². The molecule has 5 nitrogen and oxygen atoms in total. The van der Waals surface area contributed by atoms with Crippen LogP contribution in [0, 0.1) is 12.7 Å². The molecule has 0 bridgehead atoms. The number of nitrogens with two attached hydrogens (primary N) is 1. The molecule has 82 valence electrons. The van der Waals surface area contributed by atoms with Crippen molar-refractivity contribution in [3.8, 4) is 0 Å². The molecule has 6 heteroatoms. The molecule has 0 fully saturated rings. The molecule has 3 N–H and O–H groups in total. The minimum Gasteiger partial charge on any atom is -0.397 e. The highest BCUT2D eigenvalue weighted by atomic mass is 19.1. The van der Waals surface area contributed by atoms with Crippen molar-refractivity contribution in [3.63, 3.8) is 0 Å². The van der Waals surface area contributed by atoms with Gasteiger partial charge >= 0.3 is 0 Å². The molecule has 0 radical (unpaired) electrons. The van der Waals surface area contributed by atoms with E-state index in [9.17, 15) is 4.39 Å². The van der Waals surface area contributed by atoms with Crippen LogP contribution in [0.1, 0.15) is 5.69 Å². The lowest BCUT2D eigenvalue weighted by molar-refractivity contribution is 0.614. The summed E-state index contributed by atoms with van der Waals surface area (Å²) >= 11 is 0. The number of rotatable bonds is 2. The summed E-state index contributed by atoms with van der Waals surface area (Å²) in [6.45, 7) is 1.81. The van der Waals surface area contributed by atoms with Crippen LogP contribution in [0.2, 0.25) is 0 Å². The minimum absolute atomic E-state index is 0.282. The lowest BCUT2D eigenvalue weighted by atomic mass is 10.3. The van der Waals surface area contributed by atoms with Gasteiger partial charge in [-0.2, -0.15) is 0 Å². The summed E-state index contributed by atoms with van der Waals surface area (Å²) in [6.07, 6.45) is 3.77. The second-order valence-corrected chi connectivity index (χ2v) is 3.21. The van der Waals surface area contributed by atoms with Crippen LogP contribution in [0.15, 0.2) is 24.7 Å². The Bertz CT molecular complexity index is 477. The van der Waals surface area contributed by atoms with Gasteiger partial charge < -0.3 is 11.1 Å². The van der Waals surface area contributed by atoms with Crippen LogP contribution < -0.4 is 11.1 Å². The number of hydrogen-bond donors (Lipinski definition) is 2. The fourth-order valence-corrected chi connectivity index (χ4v) is 1.24. The quantitative estimate of drug-likeness (QED) is 0.803. The number of nitrogen functional groups attached to an aromatic ring is 1. The van der Waals surface area contributed by atoms with Crippen molar-refractivity contribution in [1.82, 2.24) is 15.0 Å². The van der Waals surface area contributed by atoms with Gasteiger partial charge in [0.15, 0.2) is 5.82 Å². The van der Waals surface area contributed by atoms with Gasteiger partial charge in [-0.05, 0) is 13.0 Å². The molecule has 2 aromatic heterocycles. The van der Waals surface area contributed by atoms with E-state index in [2.05, 4.69) is 20.3 Å². The van der Waals surface area contributed by atoms with Crippen molar-refractivity contribution in [2.24, 2.45) is 0 Å². The SMILES string of the molecule is Cc1nccc(N)c1Nc1ncc(F)cn1. The monoisotopic (exact) mass is 219 g/mol. The average Bonchev–Trinajstić information content (AvgIpc) is 2.26. The lowest BCUT2D eigenvalue weighted by Gasteiger charge is -2.09. The van der Waals surface area contributed by atoms with Gasteiger partial charge in [0.1, 0.15) is 0 Å². The summed E-state index contributed by atoms with van der Waals surface area (Å²) in [5.41, 5.74) is 7.67. The number of hydrogen-bond acceptors (Lipinski definition) is 5. The molecule has 0 atom stereocenters. The fraction of sp³-hybridized carbons (Fsp3) is 0.100. The first-order valence-electron chi connectivity index (χ1n) is 4.62. The normalized spacial score (nSPS) is 10.1. The molecule has 0 unspecified atom stereocenters. The third kappa shape index (κ3) is 2.05. The van der Waals surface area contributed by atoms with Gasteiger partial charge in [0, 0.05) is 6.20 Å². The van der Waals surface area contributed by atoms with Gasteiger partial charge in [-0.3, -0.25) is 4.98 Å². The Balaban J connectivity index is 2.30. The Morgan fingerprint density at radius 3 is 2.56 bits per heavy atom. The molecule has 2 heterocycles. The molecule has 0 amide bonds. The van der Waals surface area contributed by atoms with Crippen molar-refractivity contribution >= 4 is 17.3 Å². The minimum atomic E-state index is -0.485. The summed E-state index contributed by atoms with van der Waals surface area (Å²) in [7, 11) is 0. The Hall–Kier alpha value is -2.24. The highest BCUT2D eigenvalue weighted by Gasteiger charge is 2.05. The number of aromatic nitrogens is 3. The second-order valence-electron chi connectivity index (χ2n) is 3.21. The molecule has 0 saturated carbocycles. The zero-order chi connectivity index (χ0) is 11.5. The molecule has 0 aliphatic heterocycles. The summed E-state index contributed by atoms with van der Waals surface area (Å²) in [6, 6.07) is 1.67. The standard InChI is InChI=1S/C10H10FN5/c1-6-9(8(12)2-3-13-6)16-10-14-4-7(11)5-15-10/h2-5H,1H3,(H2,12,13)(H,14,15,16). The van der Waals surface area contributed by atoms with Gasteiger partial charge in [-0.1, -0.05) is 0 Å². The van der Waals surface area contributed by atoms with Crippen LogP contribution in [0.5, 0.6) is 0 Å². The van der Waals surface area contributed by atoms with E-state index in [4.69, 9.17) is 5.73 Å². The summed E-state index contributed by atoms with van der Waals surface area (Å²) in [5, 5.41) is 2.89. The number of halogens is 1. The number of nitrogens with zero attached hydrogens (tertiary/aromatic N) is 3. The summed E-state index contributed by atoms with van der Waals surface area (Å²) < 4.78 is 12.6. The van der Waals surface area contributed by atoms with E-state index in [0.29, 0.717) is 11.4 Å². The van der Waals surface area contributed by atoms with Crippen LogP contribution in [0.4, 0.5) is 21.7 Å². The Kier molecular flexibility index (Phi) is 2.63. The molecular weight excluding hydrogens is 209 g/mol. The van der Waals surface area contributed by atoms with Crippen LogP contribution in [-0.2, 0) is 0 Å². The van der Waals surface area contributed by atoms with Crippen LogP contribution >= 0.6 is 0 Å². The first-order chi connectivity index (χ1) is 7.66. The number of pyridine rings is 1. The van der Waals surface area contributed by atoms with Gasteiger partial charge in [0.25, 0.3) is 0 Å². The third-order valence-corrected chi connectivity index (χ3v) is 2.03. The molecule has 0 aliphatic rings. The summed E-state index contributed by atoms with van der Waals surface area (Å²) in [4.78, 5) is 11.6.